The Labute approximate surface area is 131 Å². The Morgan fingerprint density at radius 1 is 1.30 bits per heavy atom. The summed E-state index contributed by atoms with van der Waals surface area (Å²) < 4.78 is 7.19. The summed E-state index contributed by atoms with van der Waals surface area (Å²) in [5, 5.41) is 31.2. The molecule has 0 radical (unpaired) electrons. The number of rotatable bonds is 6. The van der Waals surface area contributed by atoms with Crippen molar-refractivity contribution < 1.29 is 24.9 Å². The minimum absolute atomic E-state index is 0.0448. The summed E-state index contributed by atoms with van der Waals surface area (Å²) in [5.74, 6) is 0.385. The Morgan fingerprint density at radius 3 is 2.87 bits per heavy atom. The average molecular weight is 322 g/mol. The molecule has 0 fully saturated rings. The zero-order valence-corrected chi connectivity index (χ0v) is 12.3. The third kappa shape index (κ3) is 3.04. The second-order valence-electron chi connectivity index (χ2n) is 5.36. The molecule has 124 valence electrons. The van der Waals surface area contributed by atoms with Gasteiger partial charge in [-0.1, -0.05) is 0 Å². The topological polar surface area (TPSA) is 130 Å². The lowest BCUT2D eigenvalue weighted by Gasteiger charge is -2.20. The highest BCUT2D eigenvalue weighted by Gasteiger charge is 2.22. The van der Waals surface area contributed by atoms with Gasteiger partial charge in [0.05, 0.1) is 18.6 Å². The summed E-state index contributed by atoms with van der Waals surface area (Å²) in [6.45, 7) is -0.867. The summed E-state index contributed by atoms with van der Waals surface area (Å²) in [4.78, 5) is 20.0. The number of aliphatic hydroxyl groups is 3. The Hall–Kier alpha value is -2.07. The lowest BCUT2D eigenvalue weighted by Crippen LogP contribution is -2.35. The van der Waals surface area contributed by atoms with Gasteiger partial charge >= 0.3 is 0 Å². The highest BCUT2D eigenvalue weighted by Crippen LogP contribution is 2.29. The van der Waals surface area contributed by atoms with Gasteiger partial charge in [0.15, 0.2) is 0 Å². The number of ether oxygens (including phenoxy) is 1. The molecule has 2 aromatic heterocycles. The van der Waals surface area contributed by atoms with Crippen molar-refractivity contribution in [2.24, 2.45) is 0 Å². The van der Waals surface area contributed by atoms with Gasteiger partial charge in [0, 0.05) is 12.6 Å². The summed E-state index contributed by atoms with van der Waals surface area (Å²) >= 11 is 0. The van der Waals surface area contributed by atoms with Crippen molar-refractivity contribution in [2.75, 3.05) is 18.5 Å². The third-order valence-corrected chi connectivity index (χ3v) is 3.84. The number of aliphatic hydroxyl groups excluding tert-OH is 3. The number of aromatic nitrogens is 3. The summed E-state index contributed by atoms with van der Waals surface area (Å²) in [6, 6.07) is 0. The molecule has 1 aliphatic heterocycles. The van der Waals surface area contributed by atoms with E-state index in [1.165, 1.54) is 6.33 Å². The van der Waals surface area contributed by atoms with Gasteiger partial charge < -0.3 is 29.9 Å². The fourth-order valence-corrected chi connectivity index (χ4v) is 2.61. The van der Waals surface area contributed by atoms with Crippen LogP contribution in [0.1, 0.15) is 12.0 Å². The number of nitrogens with zero attached hydrogens (tertiary/aromatic N) is 3. The summed E-state index contributed by atoms with van der Waals surface area (Å²) in [7, 11) is 0. The standard InChI is InChI=1S/C14H18N4O5/c19-4-9(21)10(5-20)23-7-18-3-8-1-2-11(22)17-13-12(8)14(18)16-6-15-13/h3,6,9-10,19-21H,1-2,4-5,7H2,(H,15,16,17,22)/t9-,10+/m0/s1. The van der Waals surface area contributed by atoms with E-state index in [1.54, 1.807) is 4.57 Å². The smallest absolute Gasteiger partial charge is 0.225 e. The molecule has 0 bridgehead atoms. The van der Waals surface area contributed by atoms with Gasteiger partial charge in [0.1, 0.15) is 36.7 Å². The molecule has 1 amide bonds. The van der Waals surface area contributed by atoms with E-state index in [9.17, 15) is 15.0 Å². The fraction of sp³-hybridized carbons (Fsp3) is 0.500. The first-order valence-corrected chi connectivity index (χ1v) is 7.28. The van der Waals surface area contributed by atoms with Gasteiger partial charge in [-0.3, -0.25) is 4.79 Å². The predicted molar refractivity (Wildman–Crippen MR) is 79.5 cm³/mol. The van der Waals surface area contributed by atoms with E-state index in [-0.39, 0.29) is 12.6 Å². The Morgan fingerprint density at radius 2 is 2.13 bits per heavy atom. The number of carbonyl (C=O) groups excluding carboxylic acids is 1. The van der Waals surface area contributed by atoms with Crippen molar-refractivity contribution in [1.29, 1.82) is 0 Å². The van der Waals surface area contributed by atoms with Crippen LogP contribution in [0.3, 0.4) is 0 Å². The fourth-order valence-electron chi connectivity index (χ4n) is 2.61. The minimum atomic E-state index is -1.16. The minimum Gasteiger partial charge on any atom is -0.394 e. The maximum absolute atomic E-state index is 11.7. The van der Waals surface area contributed by atoms with E-state index in [0.717, 1.165) is 10.9 Å². The first-order chi connectivity index (χ1) is 11.1. The highest BCUT2D eigenvalue weighted by molar-refractivity contribution is 6.02. The quantitative estimate of drug-likeness (QED) is 0.537. The number of aryl methyl sites for hydroxylation is 1. The van der Waals surface area contributed by atoms with E-state index < -0.39 is 25.4 Å². The second kappa shape index (κ2) is 6.59. The van der Waals surface area contributed by atoms with Crippen molar-refractivity contribution in [3.63, 3.8) is 0 Å². The number of anilines is 1. The molecule has 0 aliphatic carbocycles. The van der Waals surface area contributed by atoms with Crippen LogP contribution in [0.2, 0.25) is 0 Å². The molecule has 0 spiro atoms. The van der Waals surface area contributed by atoms with Crippen LogP contribution in [0.5, 0.6) is 0 Å². The molecule has 0 unspecified atom stereocenters. The van der Waals surface area contributed by atoms with Crippen LogP contribution in [0.4, 0.5) is 5.82 Å². The maximum atomic E-state index is 11.7. The Balaban J connectivity index is 1.88. The van der Waals surface area contributed by atoms with E-state index in [1.807, 2.05) is 6.20 Å². The summed E-state index contributed by atoms with van der Waals surface area (Å²) in [6.07, 6.45) is 2.05. The first-order valence-electron chi connectivity index (χ1n) is 7.28. The van der Waals surface area contributed by atoms with Crippen LogP contribution in [0.25, 0.3) is 11.0 Å². The Kier molecular flexibility index (Phi) is 4.53. The molecule has 3 heterocycles. The number of carbonyl (C=O) groups is 1. The number of nitrogens with one attached hydrogen (secondary N) is 1. The predicted octanol–water partition coefficient (Wildman–Crippen LogP) is -0.996. The normalized spacial score (nSPS) is 16.9. The largest absolute Gasteiger partial charge is 0.394 e. The monoisotopic (exact) mass is 322 g/mol. The second-order valence-corrected chi connectivity index (χ2v) is 5.36. The molecule has 4 N–H and O–H groups in total. The molecular formula is C14H18N4O5. The van der Waals surface area contributed by atoms with Gasteiger partial charge in [-0.2, -0.15) is 0 Å². The molecule has 1 aliphatic rings. The van der Waals surface area contributed by atoms with Crippen LogP contribution in [-0.4, -0.2) is 61.2 Å². The van der Waals surface area contributed by atoms with Crippen molar-refractivity contribution >= 4 is 22.8 Å². The van der Waals surface area contributed by atoms with Crippen molar-refractivity contribution in [3.05, 3.63) is 18.1 Å². The molecule has 3 rings (SSSR count). The van der Waals surface area contributed by atoms with Gasteiger partial charge in [-0.25, -0.2) is 9.97 Å². The van der Waals surface area contributed by atoms with Gasteiger partial charge in [-0.15, -0.1) is 0 Å². The van der Waals surface area contributed by atoms with Crippen LogP contribution in [-0.2, 0) is 22.7 Å². The number of amides is 1. The number of hydrogen-bond donors (Lipinski definition) is 4. The van der Waals surface area contributed by atoms with Crippen LogP contribution in [0.15, 0.2) is 12.5 Å². The highest BCUT2D eigenvalue weighted by atomic mass is 16.5. The van der Waals surface area contributed by atoms with Gasteiger partial charge in [-0.05, 0) is 12.0 Å². The molecule has 9 heteroatoms. The molecule has 9 nitrogen and oxygen atoms in total. The van der Waals surface area contributed by atoms with E-state index in [4.69, 9.17) is 9.84 Å². The third-order valence-electron chi connectivity index (χ3n) is 3.84. The molecule has 2 atom stereocenters. The van der Waals surface area contributed by atoms with Crippen LogP contribution < -0.4 is 5.32 Å². The van der Waals surface area contributed by atoms with Crippen LogP contribution in [0, 0.1) is 0 Å². The molecule has 0 saturated heterocycles. The average Bonchev–Trinajstić information content (AvgIpc) is 2.83. The SMILES string of the molecule is O=C1CCc2cn(CO[C@H](CO)[C@@H](O)CO)c3ncnc(c23)N1. The first kappa shape index (κ1) is 15.8. The van der Waals surface area contributed by atoms with Crippen molar-refractivity contribution in [2.45, 2.75) is 31.8 Å². The number of hydrogen-bond acceptors (Lipinski definition) is 7. The Bertz CT molecular complexity index is 717. The van der Waals surface area contributed by atoms with Gasteiger partial charge in [0.25, 0.3) is 0 Å². The lowest BCUT2D eigenvalue weighted by molar-refractivity contribution is -0.116. The zero-order valence-electron chi connectivity index (χ0n) is 12.3. The molecule has 0 aromatic carbocycles. The van der Waals surface area contributed by atoms with E-state index in [2.05, 4.69) is 15.3 Å². The molecule has 2 aromatic rings. The van der Waals surface area contributed by atoms with E-state index in [0.29, 0.717) is 24.3 Å². The van der Waals surface area contributed by atoms with Crippen LogP contribution >= 0.6 is 0 Å². The van der Waals surface area contributed by atoms with Gasteiger partial charge in [0.2, 0.25) is 5.91 Å². The molecule has 0 saturated carbocycles. The van der Waals surface area contributed by atoms with Crippen molar-refractivity contribution in [1.82, 2.24) is 14.5 Å². The summed E-state index contributed by atoms with van der Waals surface area (Å²) in [5.41, 5.74) is 1.53. The molecular weight excluding hydrogens is 304 g/mol. The lowest BCUT2D eigenvalue weighted by atomic mass is 10.1. The van der Waals surface area contributed by atoms with E-state index >= 15 is 0 Å². The van der Waals surface area contributed by atoms with Crippen molar-refractivity contribution in [3.8, 4) is 0 Å². The molecule has 23 heavy (non-hydrogen) atoms. The zero-order chi connectivity index (χ0) is 16.4. The maximum Gasteiger partial charge on any atom is 0.225 e.